The molecule has 3 aromatic carbocycles. The summed E-state index contributed by atoms with van der Waals surface area (Å²) >= 11 is 0. The lowest BCUT2D eigenvalue weighted by Gasteiger charge is -2.44. The van der Waals surface area contributed by atoms with Crippen molar-refractivity contribution in [3.63, 3.8) is 0 Å². The first-order chi connectivity index (χ1) is 21.2. The molecule has 0 radical (unpaired) electrons. The van der Waals surface area contributed by atoms with E-state index < -0.39 is 47.1 Å². The molecule has 0 amide bonds. The van der Waals surface area contributed by atoms with Gasteiger partial charge < -0.3 is 19.9 Å². The normalized spacial score (nSPS) is 19.9. The Balaban J connectivity index is 1.84. The lowest BCUT2D eigenvalue weighted by Crippen LogP contribution is -2.46. The second-order valence-corrected chi connectivity index (χ2v) is 10.3. The summed E-state index contributed by atoms with van der Waals surface area (Å²) in [5.41, 5.74) is 7.67. The van der Waals surface area contributed by atoms with Crippen LogP contribution in [-0.2, 0) is 23.9 Å². The quantitative estimate of drug-likeness (QED) is 0.266. The summed E-state index contributed by atoms with van der Waals surface area (Å²) in [5.74, 6) is -6.62. The molecular formula is C34H32F2N2O6. The smallest absolute Gasteiger partial charge is 0.338 e. The fourth-order valence-electron chi connectivity index (χ4n) is 6.05. The second kappa shape index (κ2) is 12.7. The molecule has 3 atom stereocenters. The minimum Gasteiger partial charge on any atom is -0.497 e. The van der Waals surface area contributed by atoms with Crippen molar-refractivity contribution in [3.05, 3.63) is 118 Å². The van der Waals surface area contributed by atoms with E-state index in [1.807, 2.05) is 0 Å². The van der Waals surface area contributed by atoms with Crippen molar-refractivity contribution < 1.29 is 37.4 Å². The number of allylic oxidation sites excluding steroid dienone is 2. The molecule has 3 unspecified atom stereocenters. The molecule has 0 spiro atoms. The first kappa shape index (κ1) is 30.5. The number of rotatable bonds is 8. The van der Waals surface area contributed by atoms with E-state index in [2.05, 4.69) is 0 Å². The van der Waals surface area contributed by atoms with Crippen LogP contribution in [0, 0.1) is 17.6 Å². The summed E-state index contributed by atoms with van der Waals surface area (Å²) in [6.45, 7) is 3.23. The Labute approximate surface area is 253 Å². The summed E-state index contributed by atoms with van der Waals surface area (Å²) in [6.07, 6.45) is 0.0377. The average molecular weight is 603 g/mol. The van der Waals surface area contributed by atoms with Crippen LogP contribution < -0.4 is 15.4 Å². The predicted molar refractivity (Wildman–Crippen MR) is 158 cm³/mol. The van der Waals surface area contributed by atoms with Gasteiger partial charge in [0.25, 0.3) is 0 Å². The van der Waals surface area contributed by atoms with Gasteiger partial charge in [0.05, 0.1) is 37.5 Å². The topological polar surface area (TPSA) is 108 Å². The lowest BCUT2D eigenvalue weighted by atomic mass is 9.66. The third kappa shape index (κ3) is 5.43. The fourth-order valence-corrected chi connectivity index (χ4v) is 6.05. The molecule has 0 aromatic heterocycles. The highest BCUT2D eigenvalue weighted by atomic mass is 19.1. The van der Waals surface area contributed by atoms with E-state index in [1.54, 1.807) is 50.2 Å². The lowest BCUT2D eigenvalue weighted by molar-refractivity contribution is -0.152. The van der Waals surface area contributed by atoms with Gasteiger partial charge in [0, 0.05) is 22.8 Å². The zero-order valence-electron chi connectivity index (χ0n) is 24.5. The van der Waals surface area contributed by atoms with Crippen LogP contribution in [0.2, 0.25) is 0 Å². The standard InChI is InChI=1S/C34H32F2N2O6/c1-4-43-33(40)28-24(19-10-8-13-22(16-19)42-3)18-26-29(31(28)39)27(23-14-6-7-15-25(23)36)30(34(41)44-5-2)32(37)38(26)21-12-9-11-20(35)17-21/h6-17,24,27-28H,4-5,18,37H2,1-3H3. The van der Waals surface area contributed by atoms with E-state index in [1.165, 1.54) is 48.4 Å². The van der Waals surface area contributed by atoms with E-state index in [4.69, 9.17) is 19.9 Å². The maximum atomic E-state index is 15.6. The van der Waals surface area contributed by atoms with Crippen molar-refractivity contribution in [1.29, 1.82) is 0 Å². The van der Waals surface area contributed by atoms with Crippen LogP contribution >= 0.6 is 0 Å². The molecule has 2 aliphatic rings. The minimum absolute atomic E-state index is 0.000634. The van der Waals surface area contributed by atoms with Gasteiger partial charge in [-0.2, -0.15) is 0 Å². The SMILES string of the molecule is CCOC(=O)C1=C(N)N(c2cccc(F)c2)C2=C(C(=O)C(C(=O)OCC)C(c3cccc(OC)c3)C2)C1c1ccccc1F. The summed E-state index contributed by atoms with van der Waals surface area (Å²) < 4.78 is 46.3. The Bertz CT molecular complexity index is 1680. The molecule has 5 rings (SSSR count). The fraction of sp³-hybridized carbons (Fsp3) is 0.265. The van der Waals surface area contributed by atoms with Gasteiger partial charge in [-0.1, -0.05) is 36.4 Å². The zero-order chi connectivity index (χ0) is 31.5. The van der Waals surface area contributed by atoms with Crippen LogP contribution in [0.1, 0.15) is 43.2 Å². The van der Waals surface area contributed by atoms with Crippen LogP contribution in [0.4, 0.5) is 14.5 Å². The number of ether oxygens (including phenoxy) is 3. The number of anilines is 1. The van der Waals surface area contributed by atoms with Crippen molar-refractivity contribution in [1.82, 2.24) is 0 Å². The van der Waals surface area contributed by atoms with Gasteiger partial charge in [0.2, 0.25) is 0 Å². The molecule has 0 fully saturated rings. The minimum atomic E-state index is -1.34. The van der Waals surface area contributed by atoms with Gasteiger partial charge in [-0.25, -0.2) is 13.6 Å². The van der Waals surface area contributed by atoms with Gasteiger partial charge in [0.1, 0.15) is 29.1 Å². The zero-order valence-corrected chi connectivity index (χ0v) is 24.5. The van der Waals surface area contributed by atoms with Crippen LogP contribution in [-0.4, -0.2) is 38.0 Å². The Morgan fingerprint density at radius 1 is 0.955 bits per heavy atom. The number of benzene rings is 3. The molecule has 8 nitrogen and oxygen atoms in total. The van der Waals surface area contributed by atoms with E-state index >= 15 is 4.39 Å². The highest BCUT2D eigenvalue weighted by Crippen LogP contribution is 2.52. The Morgan fingerprint density at radius 3 is 2.36 bits per heavy atom. The average Bonchev–Trinajstić information content (AvgIpc) is 3.00. The summed E-state index contributed by atoms with van der Waals surface area (Å²) in [7, 11) is 1.50. The van der Waals surface area contributed by atoms with Gasteiger partial charge >= 0.3 is 11.9 Å². The van der Waals surface area contributed by atoms with Gasteiger partial charge in [-0.05, 0) is 62.2 Å². The van der Waals surface area contributed by atoms with Gasteiger partial charge in [-0.15, -0.1) is 0 Å². The van der Waals surface area contributed by atoms with Crippen LogP contribution in [0.5, 0.6) is 5.75 Å². The maximum Gasteiger partial charge on any atom is 0.338 e. The maximum absolute atomic E-state index is 15.6. The van der Waals surface area contributed by atoms with Crippen molar-refractivity contribution >= 4 is 23.4 Å². The van der Waals surface area contributed by atoms with E-state index in [0.29, 0.717) is 17.0 Å². The van der Waals surface area contributed by atoms with Crippen molar-refractivity contribution in [2.75, 3.05) is 25.2 Å². The van der Waals surface area contributed by atoms with E-state index in [9.17, 15) is 18.8 Å². The first-order valence-electron chi connectivity index (χ1n) is 14.3. The molecule has 0 saturated heterocycles. The number of methoxy groups -OCH3 is 1. The van der Waals surface area contributed by atoms with Crippen molar-refractivity contribution in [3.8, 4) is 5.75 Å². The molecule has 1 aliphatic carbocycles. The number of carbonyl (C=O) groups is 3. The Hall–Kier alpha value is -4.99. The van der Waals surface area contributed by atoms with E-state index in [0.717, 1.165) is 0 Å². The Kier molecular flexibility index (Phi) is 8.80. The molecule has 0 bridgehead atoms. The molecular weight excluding hydrogens is 570 g/mol. The summed E-state index contributed by atoms with van der Waals surface area (Å²) in [6, 6.07) is 18.2. The third-order valence-corrected chi connectivity index (χ3v) is 7.88. The number of ketones is 1. The Morgan fingerprint density at radius 2 is 1.68 bits per heavy atom. The van der Waals surface area contributed by atoms with Crippen molar-refractivity contribution in [2.45, 2.75) is 32.1 Å². The molecule has 1 heterocycles. The van der Waals surface area contributed by atoms with E-state index in [-0.39, 0.29) is 47.9 Å². The molecule has 1 aliphatic heterocycles. The molecule has 44 heavy (non-hydrogen) atoms. The molecule has 3 aromatic rings. The number of hydrogen-bond acceptors (Lipinski definition) is 8. The third-order valence-electron chi connectivity index (χ3n) is 7.88. The predicted octanol–water partition coefficient (Wildman–Crippen LogP) is 5.50. The van der Waals surface area contributed by atoms with Crippen molar-refractivity contribution in [2.24, 2.45) is 11.7 Å². The highest BCUT2D eigenvalue weighted by molar-refractivity contribution is 6.14. The number of Topliss-reactive ketones (excluding diaryl/α,β-unsaturated/α-hetero) is 1. The molecule has 2 N–H and O–H groups in total. The molecule has 0 saturated carbocycles. The monoisotopic (exact) mass is 602 g/mol. The first-order valence-corrected chi connectivity index (χ1v) is 14.3. The number of carbonyl (C=O) groups excluding carboxylic acids is 3. The summed E-state index contributed by atoms with van der Waals surface area (Å²) in [5, 5.41) is 0. The second-order valence-electron chi connectivity index (χ2n) is 10.3. The van der Waals surface area contributed by atoms with Gasteiger partial charge in [0.15, 0.2) is 5.78 Å². The number of halogens is 2. The number of hydrogen-bond donors (Lipinski definition) is 1. The van der Waals surface area contributed by atoms with Crippen LogP contribution in [0.15, 0.2) is 95.5 Å². The number of esters is 2. The number of nitrogens with zero attached hydrogens (tertiary/aromatic N) is 1. The number of nitrogens with two attached hydrogens (primary N) is 1. The molecule has 228 valence electrons. The van der Waals surface area contributed by atoms with Gasteiger partial charge in [-0.3, -0.25) is 14.5 Å². The highest BCUT2D eigenvalue weighted by Gasteiger charge is 2.52. The largest absolute Gasteiger partial charge is 0.497 e. The molecule has 10 heteroatoms. The van der Waals surface area contributed by atoms with Crippen LogP contribution in [0.3, 0.4) is 0 Å². The van der Waals surface area contributed by atoms with Crippen LogP contribution in [0.25, 0.3) is 0 Å². The summed E-state index contributed by atoms with van der Waals surface area (Å²) in [4.78, 5) is 43.3.